The molecule has 1 atom stereocenters. The second-order valence-corrected chi connectivity index (χ2v) is 6.78. The van der Waals surface area contributed by atoms with E-state index < -0.39 is 10.0 Å². The molecule has 1 heterocycles. The lowest BCUT2D eigenvalue weighted by Gasteiger charge is -2.12. The Morgan fingerprint density at radius 3 is 2.62 bits per heavy atom. The molecule has 6 heteroatoms. The average molecular weight is 308 g/mol. The number of H-pyrrole nitrogens is 1. The molecule has 0 radical (unpaired) electrons. The van der Waals surface area contributed by atoms with Crippen LogP contribution in [0.3, 0.4) is 0 Å². The van der Waals surface area contributed by atoms with Crippen molar-refractivity contribution in [3.8, 4) is 0 Å². The van der Waals surface area contributed by atoms with Crippen LogP contribution in [0.1, 0.15) is 30.5 Å². The van der Waals surface area contributed by atoms with E-state index in [0.29, 0.717) is 12.2 Å². The first-order valence-corrected chi connectivity index (χ1v) is 8.34. The van der Waals surface area contributed by atoms with Gasteiger partial charge in [0.15, 0.2) is 0 Å². The van der Waals surface area contributed by atoms with Gasteiger partial charge >= 0.3 is 0 Å². The monoisotopic (exact) mass is 308 g/mol. The maximum absolute atomic E-state index is 12.1. The molecule has 0 saturated heterocycles. The van der Waals surface area contributed by atoms with Gasteiger partial charge in [0, 0.05) is 18.4 Å². The van der Waals surface area contributed by atoms with E-state index in [0.717, 1.165) is 6.42 Å². The molecule has 1 aromatic heterocycles. The van der Waals surface area contributed by atoms with Crippen molar-refractivity contribution in [2.45, 2.75) is 30.8 Å². The predicted molar refractivity (Wildman–Crippen MR) is 81.4 cm³/mol. The molecule has 1 unspecified atom stereocenters. The van der Waals surface area contributed by atoms with Crippen LogP contribution in [0.4, 0.5) is 0 Å². The summed E-state index contributed by atoms with van der Waals surface area (Å²) >= 11 is 0. The predicted octanol–water partition coefficient (Wildman–Crippen LogP) is 1.98. The number of aromatic amines is 1. The summed E-state index contributed by atoms with van der Waals surface area (Å²) in [4.78, 5) is 2.87. The van der Waals surface area contributed by atoms with E-state index in [-0.39, 0.29) is 17.4 Å². The first-order chi connectivity index (χ1) is 10.0. The van der Waals surface area contributed by atoms with Gasteiger partial charge in [-0.1, -0.05) is 37.3 Å². The molecular weight excluding hydrogens is 288 g/mol. The fraction of sp³-hybridized carbons (Fsp3) is 0.333. The van der Waals surface area contributed by atoms with Gasteiger partial charge in [0.25, 0.3) is 0 Å². The summed E-state index contributed by atoms with van der Waals surface area (Å²) < 4.78 is 26.7. The summed E-state index contributed by atoms with van der Waals surface area (Å²) in [7, 11) is -3.52. The molecule has 0 fully saturated rings. The van der Waals surface area contributed by atoms with Gasteiger partial charge in [-0.15, -0.1) is 0 Å². The highest BCUT2D eigenvalue weighted by atomic mass is 32.2. The second kappa shape index (κ2) is 6.89. The molecule has 21 heavy (non-hydrogen) atoms. The van der Waals surface area contributed by atoms with Crippen molar-refractivity contribution in [1.29, 1.82) is 0 Å². The summed E-state index contributed by atoms with van der Waals surface area (Å²) in [5.74, 6) is 0.285. The van der Waals surface area contributed by atoms with Gasteiger partial charge < -0.3 is 10.1 Å². The molecule has 5 nitrogen and oxygen atoms in total. The zero-order chi connectivity index (χ0) is 15.3. The highest BCUT2D eigenvalue weighted by Crippen LogP contribution is 2.18. The standard InChI is InChI=1S/C15H20N2O3S/c1-12(13-5-3-2-4-6-13)7-8-17-21(19,20)15-9-14(11-18)16-10-15/h2-6,9-10,12,16-18H,7-8,11H2,1H3. The number of aliphatic hydroxyl groups excluding tert-OH is 1. The fourth-order valence-corrected chi connectivity index (χ4v) is 3.17. The lowest BCUT2D eigenvalue weighted by molar-refractivity contribution is 0.277. The Kier molecular flexibility index (Phi) is 5.17. The number of aliphatic hydroxyl groups is 1. The molecule has 114 valence electrons. The fourth-order valence-electron chi connectivity index (χ4n) is 2.11. The molecule has 0 bridgehead atoms. The number of sulfonamides is 1. The van der Waals surface area contributed by atoms with Gasteiger partial charge in [-0.05, 0) is 24.0 Å². The zero-order valence-corrected chi connectivity index (χ0v) is 12.7. The van der Waals surface area contributed by atoms with Crippen molar-refractivity contribution in [2.24, 2.45) is 0 Å². The lowest BCUT2D eigenvalue weighted by Crippen LogP contribution is -2.25. The van der Waals surface area contributed by atoms with E-state index >= 15 is 0 Å². The Morgan fingerprint density at radius 1 is 1.29 bits per heavy atom. The van der Waals surface area contributed by atoms with Crippen LogP contribution in [0.15, 0.2) is 47.5 Å². The molecule has 1 aromatic carbocycles. The van der Waals surface area contributed by atoms with Crippen LogP contribution in [-0.2, 0) is 16.6 Å². The minimum Gasteiger partial charge on any atom is -0.390 e. The van der Waals surface area contributed by atoms with Crippen LogP contribution in [0.2, 0.25) is 0 Å². The smallest absolute Gasteiger partial charge is 0.242 e. The van der Waals surface area contributed by atoms with Crippen molar-refractivity contribution in [3.63, 3.8) is 0 Å². The van der Waals surface area contributed by atoms with Gasteiger partial charge in [0.1, 0.15) is 0 Å². The molecule has 2 aromatic rings. The Hall–Kier alpha value is -1.63. The van der Waals surface area contributed by atoms with Crippen molar-refractivity contribution >= 4 is 10.0 Å². The van der Waals surface area contributed by atoms with Crippen LogP contribution in [-0.4, -0.2) is 25.1 Å². The maximum Gasteiger partial charge on any atom is 0.242 e. The molecule has 0 spiro atoms. The number of benzene rings is 1. The molecule has 3 N–H and O–H groups in total. The third-order valence-corrected chi connectivity index (χ3v) is 4.88. The van der Waals surface area contributed by atoms with Crippen molar-refractivity contribution < 1.29 is 13.5 Å². The lowest BCUT2D eigenvalue weighted by atomic mass is 9.98. The summed E-state index contributed by atoms with van der Waals surface area (Å²) in [6, 6.07) is 11.4. The van der Waals surface area contributed by atoms with E-state index in [4.69, 9.17) is 5.11 Å². The van der Waals surface area contributed by atoms with Crippen LogP contribution in [0, 0.1) is 0 Å². The molecule has 0 aliphatic carbocycles. The molecule has 0 aliphatic heterocycles. The van der Waals surface area contributed by atoms with E-state index in [1.54, 1.807) is 0 Å². The van der Waals surface area contributed by atoms with Crippen LogP contribution in [0.5, 0.6) is 0 Å². The van der Waals surface area contributed by atoms with E-state index in [2.05, 4.69) is 16.6 Å². The summed E-state index contributed by atoms with van der Waals surface area (Å²) in [6.45, 7) is 2.24. The Balaban J connectivity index is 1.90. The highest BCUT2D eigenvalue weighted by molar-refractivity contribution is 7.89. The zero-order valence-electron chi connectivity index (χ0n) is 11.9. The topological polar surface area (TPSA) is 82.2 Å². The number of hydrogen-bond donors (Lipinski definition) is 3. The Labute approximate surface area is 125 Å². The number of hydrogen-bond acceptors (Lipinski definition) is 3. The molecule has 0 aliphatic rings. The Bertz CT molecular complexity index is 665. The first kappa shape index (κ1) is 15.8. The minimum atomic E-state index is -3.52. The Morgan fingerprint density at radius 2 is 2.00 bits per heavy atom. The van der Waals surface area contributed by atoms with Gasteiger partial charge in [0.05, 0.1) is 11.5 Å². The van der Waals surface area contributed by atoms with Gasteiger partial charge in [-0.3, -0.25) is 0 Å². The van der Waals surface area contributed by atoms with Gasteiger partial charge in [-0.2, -0.15) is 0 Å². The largest absolute Gasteiger partial charge is 0.390 e. The molecule has 0 amide bonds. The maximum atomic E-state index is 12.1. The van der Waals surface area contributed by atoms with Crippen LogP contribution < -0.4 is 4.72 Å². The average Bonchev–Trinajstić information content (AvgIpc) is 2.98. The third kappa shape index (κ3) is 4.17. The SMILES string of the molecule is CC(CCNS(=O)(=O)c1c[nH]c(CO)c1)c1ccccc1. The summed E-state index contributed by atoms with van der Waals surface area (Å²) in [5, 5.41) is 8.95. The van der Waals surface area contributed by atoms with Crippen molar-refractivity contribution in [1.82, 2.24) is 9.71 Å². The number of aromatic nitrogens is 1. The number of rotatable bonds is 7. The third-order valence-electron chi connectivity index (χ3n) is 3.43. The van der Waals surface area contributed by atoms with E-state index in [9.17, 15) is 8.42 Å². The van der Waals surface area contributed by atoms with E-state index in [1.165, 1.54) is 17.8 Å². The van der Waals surface area contributed by atoms with Gasteiger partial charge in [-0.25, -0.2) is 13.1 Å². The quantitative estimate of drug-likeness (QED) is 0.731. The molecule has 2 rings (SSSR count). The highest BCUT2D eigenvalue weighted by Gasteiger charge is 2.16. The normalized spacial score (nSPS) is 13.2. The minimum absolute atomic E-state index is 0.152. The number of nitrogens with one attached hydrogen (secondary N) is 2. The first-order valence-electron chi connectivity index (χ1n) is 6.85. The summed E-state index contributed by atoms with van der Waals surface area (Å²) in [6.07, 6.45) is 2.11. The molecule has 0 saturated carbocycles. The molecular formula is C15H20N2O3S. The van der Waals surface area contributed by atoms with Crippen LogP contribution in [0.25, 0.3) is 0 Å². The van der Waals surface area contributed by atoms with Crippen molar-refractivity contribution in [2.75, 3.05) is 6.54 Å². The van der Waals surface area contributed by atoms with Crippen molar-refractivity contribution in [3.05, 3.63) is 53.9 Å². The second-order valence-electron chi connectivity index (χ2n) is 5.02. The van der Waals surface area contributed by atoms with Crippen LogP contribution >= 0.6 is 0 Å². The van der Waals surface area contributed by atoms with E-state index in [1.807, 2.05) is 30.3 Å². The van der Waals surface area contributed by atoms with Gasteiger partial charge in [0.2, 0.25) is 10.0 Å². The summed E-state index contributed by atoms with van der Waals surface area (Å²) in [5.41, 5.74) is 1.67.